The summed E-state index contributed by atoms with van der Waals surface area (Å²) in [6.07, 6.45) is 1.35. The van der Waals surface area contributed by atoms with Crippen molar-refractivity contribution in [2.24, 2.45) is 0 Å². The van der Waals surface area contributed by atoms with Gasteiger partial charge >= 0.3 is 5.97 Å². The predicted molar refractivity (Wildman–Crippen MR) is 75.1 cm³/mol. The first kappa shape index (κ1) is 13.7. The van der Waals surface area contributed by atoms with Crippen LogP contribution < -0.4 is 5.32 Å². The maximum absolute atomic E-state index is 12.2. The minimum atomic E-state index is -1.06. The summed E-state index contributed by atoms with van der Waals surface area (Å²) in [5, 5.41) is 11.5. The highest BCUT2D eigenvalue weighted by molar-refractivity contribution is 6.05. The van der Waals surface area contributed by atoms with E-state index in [0.29, 0.717) is 5.56 Å². The number of hydrogen-bond acceptors (Lipinski definition) is 3. The van der Waals surface area contributed by atoms with Gasteiger partial charge in [0.25, 0.3) is 5.91 Å². The van der Waals surface area contributed by atoms with Gasteiger partial charge in [-0.2, -0.15) is 0 Å². The molecule has 2 N–H and O–H groups in total. The zero-order valence-corrected chi connectivity index (χ0v) is 11.2. The minimum Gasteiger partial charge on any atom is -0.478 e. The molecule has 0 aliphatic carbocycles. The Morgan fingerprint density at radius 3 is 2.65 bits per heavy atom. The van der Waals surface area contributed by atoms with Crippen LogP contribution in [0.15, 0.2) is 36.5 Å². The van der Waals surface area contributed by atoms with Crippen molar-refractivity contribution < 1.29 is 14.7 Å². The summed E-state index contributed by atoms with van der Waals surface area (Å²) in [5.41, 5.74) is 2.54. The van der Waals surface area contributed by atoms with Gasteiger partial charge in [-0.1, -0.05) is 12.1 Å². The maximum atomic E-state index is 12.2. The first-order valence-electron chi connectivity index (χ1n) is 6.06. The average molecular weight is 270 g/mol. The van der Waals surface area contributed by atoms with Crippen LogP contribution in [-0.4, -0.2) is 22.0 Å². The molecule has 0 unspecified atom stereocenters. The summed E-state index contributed by atoms with van der Waals surface area (Å²) < 4.78 is 0. The van der Waals surface area contributed by atoms with Crippen molar-refractivity contribution in [3.63, 3.8) is 0 Å². The number of aryl methyl sites for hydroxylation is 1. The highest BCUT2D eigenvalue weighted by atomic mass is 16.4. The zero-order valence-electron chi connectivity index (χ0n) is 11.2. The summed E-state index contributed by atoms with van der Waals surface area (Å²) in [6.45, 7) is 3.79. The number of carbonyl (C=O) groups is 2. The fraction of sp³-hybridized carbons (Fsp3) is 0.133. The molecule has 5 heteroatoms. The molecule has 0 radical (unpaired) electrons. The molecule has 1 aromatic carbocycles. The Morgan fingerprint density at radius 2 is 1.95 bits per heavy atom. The van der Waals surface area contributed by atoms with Gasteiger partial charge in [0.15, 0.2) is 0 Å². The molecule has 1 amide bonds. The number of hydrogen-bond donors (Lipinski definition) is 2. The molecule has 0 bridgehead atoms. The van der Waals surface area contributed by atoms with Crippen LogP contribution in [0, 0.1) is 13.8 Å². The van der Waals surface area contributed by atoms with Gasteiger partial charge in [0.05, 0.1) is 5.56 Å². The molecule has 2 aromatic rings. The lowest BCUT2D eigenvalue weighted by Crippen LogP contribution is -2.15. The highest BCUT2D eigenvalue weighted by Gasteiger charge is 2.12. The van der Waals surface area contributed by atoms with Crippen molar-refractivity contribution >= 4 is 17.7 Å². The number of anilines is 1. The molecule has 0 saturated carbocycles. The van der Waals surface area contributed by atoms with Gasteiger partial charge in [-0.25, -0.2) is 9.78 Å². The lowest BCUT2D eigenvalue weighted by atomic mass is 10.0. The van der Waals surface area contributed by atoms with E-state index in [-0.39, 0.29) is 17.3 Å². The van der Waals surface area contributed by atoms with E-state index in [1.807, 2.05) is 19.9 Å². The second kappa shape index (κ2) is 5.52. The third kappa shape index (κ3) is 2.83. The predicted octanol–water partition coefficient (Wildman–Crippen LogP) is 2.65. The van der Waals surface area contributed by atoms with Gasteiger partial charge in [0.1, 0.15) is 5.82 Å². The summed E-state index contributed by atoms with van der Waals surface area (Å²) in [7, 11) is 0. The van der Waals surface area contributed by atoms with Crippen LogP contribution in [0.5, 0.6) is 0 Å². The molecule has 2 rings (SSSR count). The quantitative estimate of drug-likeness (QED) is 0.898. The second-order valence-electron chi connectivity index (χ2n) is 4.44. The molecule has 20 heavy (non-hydrogen) atoms. The van der Waals surface area contributed by atoms with Crippen LogP contribution in [0.2, 0.25) is 0 Å². The van der Waals surface area contributed by atoms with Gasteiger partial charge in [0, 0.05) is 11.8 Å². The fourth-order valence-corrected chi connectivity index (χ4v) is 1.81. The molecule has 102 valence electrons. The standard InChI is InChI=1S/C15H14N2O3/c1-9-4-3-5-12(10(9)2)14(18)17-13-8-11(15(19)20)6-7-16-13/h3-8H,1-2H3,(H,19,20)(H,16,17,18). The summed E-state index contributed by atoms with van der Waals surface area (Å²) in [4.78, 5) is 27.0. The Hall–Kier alpha value is -2.69. The van der Waals surface area contributed by atoms with E-state index in [4.69, 9.17) is 5.11 Å². The van der Waals surface area contributed by atoms with Crippen molar-refractivity contribution in [1.29, 1.82) is 0 Å². The number of amides is 1. The highest BCUT2D eigenvalue weighted by Crippen LogP contribution is 2.15. The van der Waals surface area contributed by atoms with Crippen LogP contribution in [0.1, 0.15) is 31.8 Å². The lowest BCUT2D eigenvalue weighted by Gasteiger charge is -2.09. The Morgan fingerprint density at radius 1 is 1.20 bits per heavy atom. The molecule has 1 aromatic heterocycles. The molecule has 0 saturated heterocycles. The fourth-order valence-electron chi connectivity index (χ4n) is 1.81. The molecule has 0 aliphatic heterocycles. The average Bonchev–Trinajstić information content (AvgIpc) is 2.42. The number of benzene rings is 1. The number of pyridine rings is 1. The maximum Gasteiger partial charge on any atom is 0.335 e. The van der Waals surface area contributed by atoms with Crippen LogP contribution >= 0.6 is 0 Å². The Kier molecular flexibility index (Phi) is 3.79. The van der Waals surface area contributed by atoms with Gasteiger partial charge in [-0.15, -0.1) is 0 Å². The largest absolute Gasteiger partial charge is 0.478 e. The number of nitrogens with one attached hydrogen (secondary N) is 1. The van der Waals surface area contributed by atoms with E-state index in [9.17, 15) is 9.59 Å². The van der Waals surface area contributed by atoms with Crippen molar-refractivity contribution in [2.45, 2.75) is 13.8 Å². The third-order valence-corrected chi connectivity index (χ3v) is 3.10. The van der Waals surface area contributed by atoms with Crippen LogP contribution in [0.3, 0.4) is 0 Å². The molecule has 0 aliphatic rings. The molecule has 0 fully saturated rings. The number of aromatic nitrogens is 1. The minimum absolute atomic E-state index is 0.0799. The topological polar surface area (TPSA) is 79.3 Å². The third-order valence-electron chi connectivity index (χ3n) is 3.10. The van der Waals surface area contributed by atoms with E-state index in [1.54, 1.807) is 12.1 Å². The smallest absolute Gasteiger partial charge is 0.335 e. The SMILES string of the molecule is Cc1cccc(C(=O)Nc2cc(C(=O)O)ccn2)c1C. The van der Waals surface area contributed by atoms with E-state index >= 15 is 0 Å². The number of carboxylic acids is 1. The Labute approximate surface area is 116 Å². The van der Waals surface area contributed by atoms with Gasteiger partial charge in [-0.3, -0.25) is 4.79 Å². The van der Waals surface area contributed by atoms with Crippen LogP contribution in [0.25, 0.3) is 0 Å². The lowest BCUT2D eigenvalue weighted by molar-refractivity contribution is 0.0696. The summed E-state index contributed by atoms with van der Waals surface area (Å²) in [5.74, 6) is -1.15. The normalized spacial score (nSPS) is 10.1. The summed E-state index contributed by atoms with van der Waals surface area (Å²) in [6, 6.07) is 8.15. The van der Waals surface area contributed by atoms with Crippen molar-refractivity contribution in [3.8, 4) is 0 Å². The van der Waals surface area contributed by atoms with Gasteiger partial charge < -0.3 is 10.4 Å². The Balaban J connectivity index is 2.26. The first-order chi connectivity index (χ1) is 9.49. The molecular formula is C15H14N2O3. The number of carboxylic acid groups (broad SMARTS) is 1. The van der Waals surface area contributed by atoms with Crippen LogP contribution in [-0.2, 0) is 0 Å². The Bertz CT molecular complexity index is 681. The zero-order chi connectivity index (χ0) is 14.7. The van der Waals surface area contributed by atoms with E-state index in [2.05, 4.69) is 10.3 Å². The number of rotatable bonds is 3. The molecular weight excluding hydrogens is 256 g/mol. The van der Waals surface area contributed by atoms with Crippen molar-refractivity contribution in [1.82, 2.24) is 4.98 Å². The van der Waals surface area contributed by atoms with Crippen molar-refractivity contribution in [2.75, 3.05) is 5.32 Å². The second-order valence-corrected chi connectivity index (χ2v) is 4.44. The van der Waals surface area contributed by atoms with E-state index < -0.39 is 5.97 Å². The molecule has 0 spiro atoms. The molecule has 5 nitrogen and oxygen atoms in total. The van der Waals surface area contributed by atoms with Crippen molar-refractivity contribution in [3.05, 3.63) is 58.8 Å². The number of nitrogens with zero attached hydrogens (tertiary/aromatic N) is 1. The van der Waals surface area contributed by atoms with Gasteiger partial charge in [-0.05, 0) is 43.2 Å². The molecule has 0 atom stereocenters. The van der Waals surface area contributed by atoms with Crippen LogP contribution in [0.4, 0.5) is 5.82 Å². The summed E-state index contributed by atoms with van der Waals surface area (Å²) >= 11 is 0. The van der Waals surface area contributed by atoms with Gasteiger partial charge in [0.2, 0.25) is 0 Å². The van der Waals surface area contributed by atoms with E-state index in [1.165, 1.54) is 18.3 Å². The van der Waals surface area contributed by atoms with E-state index in [0.717, 1.165) is 11.1 Å². The first-order valence-corrected chi connectivity index (χ1v) is 6.06. The molecule has 1 heterocycles. The number of aromatic carboxylic acids is 1. The number of carbonyl (C=O) groups excluding carboxylic acids is 1. The monoisotopic (exact) mass is 270 g/mol.